The fourth-order valence-electron chi connectivity index (χ4n) is 2.27. The summed E-state index contributed by atoms with van der Waals surface area (Å²) in [6.45, 7) is 7.65. The Morgan fingerprint density at radius 2 is 1.86 bits per heavy atom. The Bertz CT molecular complexity index is 744. The van der Waals surface area contributed by atoms with E-state index in [2.05, 4.69) is 27.2 Å². The Morgan fingerprint density at radius 3 is 2.39 bits per heavy atom. The minimum absolute atomic E-state index is 0. The highest BCUT2D eigenvalue weighted by Gasteiger charge is 2.13. The van der Waals surface area contributed by atoms with Crippen molar-refractivity contribution in [2.24, 2.45) is 4.99 Å². The van der Waals surface area contributed by atoms with Gasteiger partial charge in [-0.15, -0.1) is 30.6 Å². The summed E-state index contributed by atoms with van der Waals surface area (Å²) in [7, 11) is 3.16. The molecule has 8 heteroatoms. The fourth-order valence-corrected chi connectivity index (χ4v) is 2.27. The Kier molecular flexibility index (Phi) is 10.8. The number of benzene rings is 1. The average Bonchev–Trinajstić information content (AvgIpc) is 2.71. The Balaban J connectivity index is 0.00000392. The molecule has 0 saturated heterocycles. The van der Waals surface area contributed by atoms with Crippen molar-refractivity contribution in [1.82, 2.24) is 15.6 Å². The summed E-state index contributed by atoms with van der Waals surface area (Å²) in [6.07, 6.45) is 3.52. The van der Waals surface area contributed by atoms with Crippen molar-refractivity contribution in [3.63, 3.8) is 0 Å². The number of hydrogen-bond acceptors (Lipinski definition) is 5. The smallest absolute Gasteiger partial charge is 0.219 e. The molecule has 0 aliphatic rings. The van der Waals surface area contributed by atoms with Crippen molar-refractivity contribution >= 4 is 29.9 Å². The average molecular weight is 498 g/mol. The molecule has 0 radical (unpaired) electrons. The Labute approximate surface area is 183 Å². The largest absolute Gasteiger partial charge is 0.493 e. The van der Waals surface area contributed by atoms with Crippen LogP contribution in [0.1, 0.15) is 12.5 Å². The van der Waals surface area contributed by atoms with Gasteiger partial charge in [-0.2, -0.15) is 0 Å². The monoisotopic (exact) mass is 498 g/mol. The Hall–Kier alpha value is -2.49. The van der Waals surface area contributed by atoms with E-state index in [4.69, 9.17) is 14.2 Å². The van der Waals surface area contributed by atoms with Crippen LogP contribution in [0.25, 0.3) is 0 Å². The molecule has 0 fully saturated rings. The lowest BCUT2D eigenvalue weighted by Crippen LogP contribution is -2.37. The van der Waals surface area contributed by atoms with Crippen LogP contribution in [0.3, 0.4) is 0 Å². The third-order valence-corrected chi connectivity index (χ3v) is 3.56. The molecule has 1 heterocycles. The van der Waals surface area contributed by atoms with Crippen LogP contribution in [0.5, 0.6) is 23.1 Å². The standard InChI is InChI=1S/C20H26N4O3.HI/c1-5-12-22-20(21-6-2)24-14-15-10-11-18(23-13-15)27-19-16(25-3)8-7-9-17(19)26-4;/h5,7-11,13H,1,6,12,14H2,2-4H3,(H2,21,22,24);1H. The molecule has 0 unspecified atom stereocenters. The molecule has 2 N–H and O–H groups in total. The van der Waals surface area contributed by atoms with Crippen molar-refractivity contribution in [3.8, 4) is 23.1 Å². The van der Waals surface area contributed by atoms with Crippen LogP contribution in [0.15, 0.2) is 54.2 Å². The molecule has 1 aromatic heterocycles. The van der Waals surface area contributed by atoms with Gasteiger partial charge >= 0.3 is 0 Å². The minimum Gasteiger partial charge on any atom is -0.493 e. The molecule has 0 aliphatic carbocycles. The highest BCUT2D eigenvalue weighted by atomic mass is 127. The highest BCUT2D eigenvalue weighted by Crippen LogP contribution is 2.39. The van der Waals surface area contributed by atoms with Crippen LogP contribution >= 0.6 is 24.0 Å². The predicted octanol–water partition coefficient (Wildman–Crippen LogP) is 3.75. The summed E-state index contributed by atoms with van der Waals surface area (Å²) in [6, 6.07) is 9.16. The summed E-state index contributed by atoms with van der Waals surface area (Å²) in [5.74, 6) is 2.82. The molecular formula is C20H27IN4O3. The number of aromatic nitrogens is 1. The number of nitrogens with zero attached hydrogens (tertiary/aromatic N) is 2. The van der Waals surface area contributed by atoms with Gasteiger partial charge in [0.25, 0.3) is 0 Å². The van der Waals surface area contributed by atoms with E-state index in [0.29, 0.717) is 36.2 Å². The molecule has 0 atom stereocenters. The highest BCUT2D eigenvalue weighted by molar-refractivity contribution is 14.0. The SMILES string of the molecule is C=CCNC(=NCc1ccc(Oc2c(OC)cccc2OC)nc1)NCC.I. The number of halogens is 1. The van der Waals surface area contributed by atoms with Crippen LogP contribution in [-0.2, 0) is 6.54 Å². The van der Waals surface area contributed by atoms with Gasteiger partial charge in [0.1, 0.15) is 0 Å². The van der Waals surface area contributed by atoms with Crippen LogP contribution in [0.2, 0.25) is 0 Å². The first-order valence-electron chi connectivity index (χ1n) is 8.68. The van der Waals surface area contributed by atoms with Crippen LogP contribution in [-0.4, -0.2) is 38.3 Å². The van der Waals surface area contributed by atoms with Crippen molar-refractivity contribution in [3.05, 3.63) is 54.7 Å². The van der Waals surface area contributed by atoms with Gasteiger partial charge < -0.3 is 24.8 Å². The molecule has 28 heavy (non-hydrogen) atoms. The first-order valence-corrected chi connectivity index (χ1v) is 8.68. The van der Waals surface area contributed by atoms with Crippen LogP contribution in [0, 0.1) is 0 Å². The lowest BCUT2D eigenvalue weighted by Gasteiger charge is -2.13. The molecule has 1 aromatic carbocycles. The lowest BCUT2D eigenvalue weighted by atomic mass is 10.3. The minimum atomic E-state index is 0. The maximum Gasteiger partial charge on any atom is 0.219 e. The predicted molar refractivity (Wildman–Crippen MR) is 122 cm³/mol. The van der Waals surface area contributed by atoms with Crippen molar-refractivity contribution in [2.45, 2.75) is 13.5 Å². The molecular weight excluding hydrogens is 471 g/mol. The molecule has 0 saturated carbocycles. The number of nitrogens with one attached hydrogen (secondary N) is 2. The summed E-state index contributed by atoms with van der Waals surface area (Å²) >= 11 is 0. The van der Waals surface area contributed by atoms with Gasteiger partial charge in [-0.25, -0.2) is 9.98 Å². The fraction of sp³-hybridized carbons (Fsp3) is 0.300. The van der Waals surface area contributed by atoms with Crippen LogP contribution < -0.4 is 24.8 Å². The number of methoxy groups -OCH3 is 2. The molecule has 0 amide bonds. The van der Waals surface area contributed by atoms with Crippen molar-refractivity contribution in [2.75, 3.05) is 27.3 Å². The second-order valence-electron chi connectivity index (χ2n) is 5.46. The van der Waals surface area contributed by atoms with Crippen LogP contribution in [0.4, 0.5) is 0 Å². The van der Waals surface area contributed by atoms with Gasteiger partial charge in [0.15, 0.2) is 17.5 Å². The molecule has 7 nitrogen and oxygen atoms in total. The zero-order valence-corrected chi connectivity index (χ0v) is 18.7. The number of para-hydroxylation sites is 1. The summed E-state index contributed by atoms with van der Waals surface area (Å²) in [5.41, 5.74) is 0.963. The molecule has 0 aliphatic heterocycles. The maximum absolute atomic E-state index is 5.86. The summed E-state index contributed by atoms with van der Waals surface area (Å²) in [4.78, 5) is 8.87. The topological polar surface area (TPSA) is 77.0 Å². The van der Waals surface area contributed by atoms with E-state index >= 15 is 0 Å². The number of pyridine rings is 1. The van der Waals surface area contributed by atoms with Gasteiger partial charge in [0, 0.05) is 25.4 Å². The number of aliphatic imine (C=N–C) groups is 1. The van der Waals surface area contributed by atoms with E-state index in [1.54, 1.807) is 44.7 Å². The molecule has 2 rings (SSSR count). The zero-order chi connectivity index (χ0) is 19.5. The van der Waals surface area contributed by atoms with Gasteiger partial charge in [0.2, 0.25) is 11.6 Å². The zero-order valence-electron chi connectivity index (χ0n) is 16.4. The number of guanidine groups is 1. The van der Waals surface area contributed by atoms with Gasteiger partial charge in [-0.3, -0.25) is 0 Å². The molecule has 0 spiro atoms. The van der Waals surface area contributed by atoms with E-state index in [0.717, 1.165) is 18.1 Å². The number of ether oxygens (including phenoxy) is 3. The molecule has 0 bridgehead atoms. The van der Waals surface area contributed by atoms with Crippen molar-refractivity contribution < 1.29 is 14.2 Å². The van der Waals surface area contributed by atoms with E-state index in [-0.39, 0.29) is 24.0 Å². The third-order valence-electron chi connectivity index (χ3n) is 3.56. The number of rotatable bonds is 9. The summed E-state index contributed by atoms with van der Waals surface area (Å²) in [5, 5.41) is 6.33. The number of hydrogen-bond donors (Lipinski definition) is 2. The van der Waals surface area contributed by atoms with Gasteiger partial charge in [-0.1, -0.05) is 18.2 Å². The van der Waals surface area contributed by atoms with E-state index < -0.39 is 0 Å². The second kappa shape index (κ2) is 12.8. The van der Waals surface area contributed by atoms with E-state index in [1.165, 1.54) is 0 Å². The normalized spacial score (nSPS) is 10.5. The third kappa shape index (κ3) is 6.91. The molecule has 2 aromatic rings. The quantitative estimate of drug-likeness (QED) is 0.238. The lowest BCUT2D eigenvalue weighted by molar-refractivity contribution is 0.342. The van der Waals surface area contributed by atoms with Gasteiger partial charge in [0.05, 0.1) is 20.8 Å². The Morgan fingerprint density at radius 1 is 1.14 bits per heavy atom. The van der Waals surface area contributed by atoms with Crippen molar-refractivity contribution in [1.29, 1.82) is 0 Å². The first kappa shape index (κ1) is 23.5. The maximum atomic E-state index is 5.86. The van der Waals surface area contributed by atoms with E-state index in [1.807, 2.05) is 19.1 Å². The van der Waals surface area contributed by atoms with Gasteiger partial charge in [-0.05, 0) is 24.6 Å². The first-order chi connectivity index (χ1) is 13.2. The van der Waals surface area contributed by atoms with E-state index in [9.17, 15) is 0 Å². The summed E-state index contributed by atoms with van der Waals surface area (Å²) < 4.78 is 16.5. The second-order valence-corrected chi connectivity index (χ2v) is 5.46. The molecule has 152 valence electrons.